The van der Waals surface area contributed by atoms with Crippen LogP contribution in [0.1, 0.15) is 31.0 Å². The van der Waals surface area contributed by atoms with Crippen molar-refractivity contribution in [2.24, 2.45) is 0 Å². The van der Waals surface area contributed by atoms with Crippen molar-refractivity contribution in [1.82, 2.24) is 10.3 Å². The standard InChI is InChI=1S/C22H24N2O2S/c1-3-26-20-12-8-7-11-19(20)22-24-18(15-27-22)13-21(25)23-14-16(2)17-9-5-4-6-10-17/h4-12,15-16H,3,13-14H2,1-2H3,(H,23,25). The van der Waals surface area contributed by atoms with Crippen molar-refractivity contribution in [2.45, 2.75) is 26.2 Å². The van der Waals surface area contributed by atoms with E-state index in [0.717, 1.165) is 22.0 Å². The molecule has 0 spiro atoms. The molecule has 1 heterocycles. The molecular formula is C22H24N2O2S. The summed E-state index contributed by atoms with van der Waals surface area (Å²) in [5, 5.41) is 5.83. The van der Waals surface area contributed by atoms with Gasteiger partial charge in [0, 0.05) is 11.9 Å². The lowest BCUT2D eigenvalue weighted by Gasteiger charge is -2.12. The predicted octanol–water partition coefficient (Wildman–Crippen LogP) is 4.67. The molecule has 0 aliphatic rings. The minimum atomic E-state index is -0.00674. The van der Waals surface area contributed by atoms with Gasteiger partial charge in [-0.1, -0.05) is 49.4 Å². The van der Waals surface area contributed by atoms with Gasteiger partial charge >= 0.3 is 0 Å². The Hall–Kier alpha value is -2.66. The first-order chi connectivity index (χ1) is 13.2. The van der Waals surface area contributed by atoms with E-state index in [9.17, 15) is 4.79 Å². The summed E-state index contributed by atoms with van der Waals surface area (Å²) in [6, 6.07) is 18.1. The SMILES string of the molecule is CCOc1ccccc1-c1nc(CC(=O)NCC(C)c2ccccc2)cs1. The van der Waals surface area contributed by atoms with E-state index in [0.29, 0.717) is 13.2 Å². The maximum Gasteiger partial charge on any atom is 0.226 e. The Balaban J connectivity index is 1.58. The second kappa shape index (κ2) is 9.33. The van der Waals surface area contributed by atoms with Crippen molar-refractivity contribution in [2.75, 3.05) is 13.2 Å². The summed E-state index contributed by atoms with van der Waals surface area (Å²) in [5.74, 6) is 1.09. The molecule has 0 fully saturated rings. The van der Waals surface area contributed by atoms with Gasteiger partial charge in [0.2, 0.25) is 5.91 Å². The van der Waals surface area contributed by atoms with Crippen molar-refractivity contribution >= 4 is 17.2 Å². The molecule has 0 aliphatic carbocycles. The Morgan fingerprint density at radius 3 is 2.67 bits per heavy atom. The molecule has 1 atom stereocenters. The van der Waals surface area contributed by atoms with Gasteiger partial charge in [0.15, 0.2) is 0 Å². The quantitative estimate of drug-likeness (QED) is 0.618. The molecule has 3 rings (SSSR count). The highest BCUT2D eigenvalue weighted by Gasteiger charge is 2.13. The number of carbonyl (C=O) groups is 1. The number of ether oxygens (including phenoxy) is 1. The maximum absolute atomic E-state index is 12.3. The zero-order chi connectivity index (χ0) is 19.1. The molecular weight excluding hydrogens is 356 g/mol. The van der Waals surface area contributed by atoms with Crippen LogP contribution in [0.15, 0.2) is 60.0 Å². The number of rotatable bonds is 8. The number of benzene rings is 2. The van der Waals surface area contributed by atoms with Gasteiger partial charge in [-0.25, -0.2) is 4.98 Å². The van der Waals surface area contributed by atoms with Crippen molar-refractivity contribution in [3.8, 4) is 16.3 Å². The van der Waals surface area contributed by atoms with Crippen LogP contribution in [-0.2, 0) is 11.2 Å². The molecule has 0 bridgehead atoms. The number of hydrogen-bond donors (Lipinski definition) is 1. The number of nitrogens with zero attached hydrogens (tertiary/aromatic N) is 1. The summed E-state index contributed by atoms with van der Waals surface area (Å²) < 4.78 is 5.68. The Bertz CT molecular complexity index is 877. The minimum absolute atomic E-state index is 0.00674. The first-order valence-electron chi connectivity index (χ1n) is 9.15. The van der Waals surface area contributed by atoms with Crippen LogP contribution in [0.5, 0.6) is 5.75 Å². The lowest BCUT2D eigenvalue weighted by molar-refractivity contribution is -0.120. The molecule has 5 heteroatoms. The zero-order valence-electron chi connectivity index (χ0n) is 15.6. The average Bonchev–Trinajstić information content (AvgIpc) is 3.15. The van der Waals surface area contributed by atoms with Gasteiger partial charge in [-0.2, -0.15) is 0 Å². The molecule has 140 valence electrons. The third kappa shape index (κ3) is 5.17. The van der Waals surface area contributed by atoms with Crippen LogP contribution < -0.4 is 10.1 Å². The number of carbonyl (C=O) groups excluding carboxylic acids is 1. The molecule has 4 nitrogen and oxygen atoms in total. The first kappa shape index (κ1) is 19.1. The molecule has 1 N–H and O–H groups in total. The van der Waals surface area contributed by atoms with E-state index in [1.54, 1.807) is 0 Å². The zero-order valence-corrected chi connectivity index (χ0v) is 16.5. The summed E-state index contributed by atoms with van der Waals surface area (Å²) in [6.07, 6.45) is 0.287. The van der Waals surface area contributed by atoms with Crippen LogP contribution in [0.4, 0.5) is 0 Å². The second-order valence-corrected chi connectivity index (χ2v) is 7.22. The van der Waals surface area contributed by atoms with Crippen LogP contribution in [0.2, 0.25) is 0 Å². The summed E-state index contributed by atoms with van der Waals surface area (Å²) in [4.78, 5) is 16.9. The fourth-order valence-electron chi connectivity index (χ4n) is 2.83. The van der Waals surface area contributed by atoms with Crippen molar-refractivity contribution in [3.63, 3.8) is 0 Å². The van der Waals surface area contributed by atoms with E-state index >= 15 is 0 Å². The second-order valence-electron chi connectivity index (χ2n) is 6.37. The summed E-state index contributed by atoms with van der Waals surface area (Å²) in [5.41, 5.74) is 2.97. The average molecular weight is 381 g/mol. The van der Waals surface area contributed by atoms with Gasteiger partial charge in [-0.15, -0.1) is 11.3 Å². The van der Waals surface area contributed by atoms with Crippen LogP contribution in [-0.4, -0.2) is 24.0 Å². The largest absolute Gasteiger partial charge is 0.493 e. The minimum Gasteiger partial charge on any atom is -0.493 e. The first-order valence-corrected chi connectivity index (χ1v) is 10.0. The highest BCUT2D eigenvalue weighted by atomic mass is 32.1. The highest BCUT2D eigenvalue weighted by Crippen LogP contribution is 2.32. The van der Waals surface area contributed by atoms with Crippen LogP contribution in [0.3, 0.4) is 0 Å². The lowest BCUT2D eigenvalue weighted by atomic mass is 10.0. The number of hydrogen-bond acceptors (Lipinski definition) is 4. The Morgan fingerprint density at radius 2 is 1.89 bits per heavy atom. The maximum atomic E-state index is 12.3. The molecule has 1 aromatic heterocycles. The van der Waals surface area contributed by atoms with Gasteiger partial charge in [0.05, 0.1) is 24.3 Å². The van der Waals surface area contributed by atoms with E-state index in [1.165, 1.54) is 16.9 Å². The Morgan fingerprint density at radius 1 is 1.15 bits per heavy atom. The molecule has 0 radical (unpaired) electrons. The predicted molar refractivity (Wildman–Crippen MR) is 110 cm³/mol. The molecule has 0 saturated heterocycles. The summed E-state index contributed by atoms with van der Waals surface area (Å²) in [7, 11) is 0. The van der Waals surface area contributed by atoms with Gasteiger partial charge in [-0.3, -0.25) is 4.79 Å². The molecule has 0 aliphatic heterocycles. The third-order valence-electron chi connectivity index (χ3n) is 4.28. The van der Waals surface area contributed by atoms with E-state index in [1.807, 2.05) is 54.8 Å². The van der Waals surface area contributed by atoms with E-state index in [-0.39, 0.29) is 18.2 Å². The fourth-order valence-corrected chi connectivity index (χ4v) is 3.68. The normalized spacial score (nSPS) is 11.8. The smallest absolute Gasteiger partial charge is 0.226 e. The lowest BCUT2D eigenvalue weighted by Crippen LogP contribution is -2.28. The molecule has 2 aromatic carbocycles. The van der Waals surface area contributed by atoms with Crippen LogP contribution in [0, 0.1) is 0 Å². The van der Waals surface area contributed by atoms with Crippen molar-refractivity contribution < 1.29 is 9.53 Å². The number of aromatic nitrogens is 1. The van der Waals surface area contributed by atoms with E-state index < -0.39 is 0 Å². The van der Waals surface area contributed by atoms with Gasteiger partial charge < -0.3 is 10.1 Å². The van der Waals surface area contributed by atoms with E-state index in [2.05, 4.69) is 29.4 Å². The van der Waals surface area contributed by atoms with Gasteiger partial charge in [-0.05, 0) is 30.5 Å². The Labute approximate surface area is 164 Å². The molecule has 1 amide bonds. The van der Waals surface area contributed by atoms with Crippen LogP contribution >= 0.6 is 11.3 Å². The molecule has 3 aromatic rings. The third-order valence-corrected chi connectivity index (χ3v) is 5.21. The van der Waals surface area contributed by atoms with Crippen molar-refractivity contribution in [3.05, 3.63) is 71.2 Å². The number of para-hydroxylation sites is 1. The van der Waals surface area contributed by atoms with Crippen LogP contribution in [0.25, 0.3) is 10.6 Å². The number of thiazole rings is 1. The number of nitrogens with one attached hydrogen (secondary N) is 1. The molecule has 1 unspecified atom stereocenters. The molecule has 27 heavy (non-hydrogen) atoms. The van der Waals surface area contributed by atoms with Gasteiger partial charge in [0.25, 0.3) is 0 Å². The topological polar surface area (TPSA) is 51.2 Å². The summed E-state index contributed by atoms with van der Waals surface area (Å²) in [6.45, 7) is 5.30. The summed E-state index contributed by atoms with van der Waals surface area (Å²) >= 11 is 1.53. The monoisotopic (exact) mass is 380 g/mol. The van der Waals surface area contributed by atoms with E-state index in [4.69, 9.17) is 4.74 Å². The number of amides is 1. The van der Waals surface area contributed by atoms with Gasteiger partial charge in [0.1, 0.15) is 10.8 Å². The Kier molecular flexibility index (Phi) is 6.60. The van der Waals surface area contributed by atoms with Crippen molar-refractivity contribution in [1.29, 1.82) is 0 Å². The molecule has 0 saturated carbocycles. The fraction of sp³-hybridized carbons (Fsp3) is 0.273. The highest BCUT2D eigenvalue weighted by molar-refractivity contribution is 7.13.